The van der Waals surface area contributed by atoms with Gasteiger partial charge in [-0.25, -0.2) is 0 Å². The number of methoxy groups -OCH3 is 1. The van der Waals surface area contributed by atoms with E-state index in [4.69, 9.17) is 4.74 Å². The Morgan fingerprint density at radius 2 is 1.61 bits per heavy atom. The lowest BCUT2D eigenvalue weighted by Gasteiger charge is -2.38. The van der Waals surface area contributed by atoms with Crippen molar-refractivity contribution >= 4 is 23.2 Å². The molecule has 0 aliphatic carbocycles. The zero-order valence-electron chi connectivity index (χ0n) is 26.7. The van der Waals surface area contributed by atoms with Crippen molar-refractivity contribution in [2.45, 2.75) is 32.7 Å². The Balaban J connectivity index is 0.933. The minimum absolute atomic E-state index is 0.0475. The van der Waals surface area contributed by atoms with Gasteiger partial charge in [0.15, 0.2) is 0 Å². The van der Waals surface area contributed by atoms with Crippen LogP contribution in [0.3, 0.4) is 0 Å². The second kappa shape index (κ2) is 12.6. The molecule has 7 rings (SSSR count). The summed E-state index contributed by atoms with van der Waals surface area (Å²) in [6.45, 7) is 9.00. The number of piperazine rings is 1. The van der Waals surface area contributed by atoms with Crippen LogP contribution in [0.15, 0.2) is 79.1 Å². The lowest BCUT2D eigenvalue weighted by Crippen LogP contribution is -2.47. The molecule has 3 fully saturated rings. The van der Waals surface area contributed by atoms with Crippen LogP contribution in [0.1, 0.15) is 40.7 Å². The standard InChI is InChI=1S/C37H42N6O3/c1-27-5-3-4-6-29(27)26-40-19-21-41(22-20-40)31-9-7-28(8-10-31)35(44)42-16-13-37(14-17-42)15-18-43(36(37)45)32-11-12-33(34(23-32)46-2)30-24-38-39-25-30/h3-12,23-25H,13-22,26H2,1-2H3,(H,38,39). The summed E-state index contributed by atoms with van der Waals surface area (Å²) < 4.78 is 5.67. The Labute approximate surface area is 270 Å². The SMILES string of the molecule is COc1cc(N2CCC3(CCN(C(=O)c4ccc(N5CCN(Cc6ccccc6C)CC5)cc4)CC3)C2=O)ccc1-c1cn[nH]c1. The molecular weight excluding hydrogens is 576 g/mol. The van der Waals surface area contributed by atoms with E-state index in [-0.39, 0.29) is 11.8 Å². The summed E-state index contributed by atoms with van der Waals surface area (Å²) in [5, 5.41) is 6.88. The van der Waals surface area contributed by atoms with Gasteiger partial charge in [0.25, 0.3) is 5.91 Å². The third kappa shape index (κ3) is 5.75. The number of ether oxygens (including phenoxy) is 1. The molecule has 4 aromatic rings. The smallest absolute Gasteiger partial charge is 0.253 e. The molecule has 3 aliphatic heterocycles. The number of anilines is 2. The predicted molar refractivity (Wildman–Crippen MR) is 180 cm³/mol. The van der Waals surface area contributed by atoms with Crippen LogP contribution in [-0.4, -0.2) is 84.7 Å². The third-order valence-corrected chi connectivity index (χ3v) is 10.3. The van der Waals surface area contributed by atoms with Gasteiger partial charge in [-0.3, -0.25) is 19.6 Å². The van der Waals surface area contributed by atoms with Gasteiger partial charge >= 0.3 is 0 Å². The minimum atomic E-state index is -0.418. The summed E-state index contributed by atoms with van der Waals surface area (Å²) in [7, 11) is 1.64. The van der Waals surface area contributed by atoms with Gasteiger partial charge in [0.2, 0.25) is 5.91 Å². The summed E-state index contributed by atoms with van der Waals surface area (Å²) in [6.07, 6.45) is 5.75. The number of aromatic amines is 1. The van der Waals surface area contributed by atoms with Crippen molar-refractivity contribution in [3.63, 3.8) is 0 Å². The monoisotopic (exact) mass is 618 g/mol. The van der Waals surface area contributed by atoms with Gasteiger partial charge in [-0.15, -0.1) is 0 Å². The van der Waals surface area contributed by atoms with Crippen molar-refractivity contribution in [2.75, 3.05) is 62.7 Å². The summed E-state index contributed by atoms with van der Waals surface area (Å²) in [5.74, 6) is 0.909. The molecule has 0 bridgehead atoms. The van der Waals surface area contributed by atoms with Crippen LogP contribution in [-0.2, 0) is 11.3 Å². The number of H-pyrrole nitrogens is 1. The number of carbonyl (C=O) groups is 2. The molecule has 0 radical (unpaired) electrons. The molecule has 3 aliphatic rings. The number of aromatic nitrogens is 2. The molecule has 3 saturated heterocycles. The van der Waals surface area contributed by atoms with Gasteiger partial charge < -0.3 is 19.4 Å². The van der Waals surface area contributed by atoms with Crippen LogP contribution in [0, 0.1) is 12.3 Å². The van der Waals surface area contributed by atoms with Crippen LogP contribution < -0.4 is 14.5 Å². The molecule has 9 heteroatoms. The van der Waals surface area contributed by atoms with Gasteiger partial charge in [0.05, 0.1) is 18.7 Å². The highest BCUT2D eigenvalue weighted by Crippen LogP contribution is 2.44. The zero-order chi connectivity index (χ0) is 31.7. The maximum absolute atomic E-state index is 13.8. The molecule has 4 heterocycles. The largest absolute Gasteiger partial charge is 0.496 e. The molecule has 1 aromatic heterocycles. The van der Waals surface area contributed by atoms with Crippen molar-refractivity contribution in [1.29, 1.82) is 0 Å². The Hall–Kier alpha value is -4.63. The van der Waals surface area contributed by atoms with Crippen molar-refractivity contribution < 1.29 is 14.3 Å². The first-order valence-electron chi connectivity index (χ1n) is 16.3. The maximum Gasteiger partial charge on any atom is 0.253 e. The normalized spacial score (nSPS) is 18.4. The Morgan fingerprint density at radius 1 is 0.891 bits per heavy atom. The maximum atomic E-state index is 13.8. The molecule has 0 atom stereocenters. The molecule has 3 aromatic carbocycles. The highest BCUT2D eigenvalue weighted by atomic mass is 16.5. The number of nitrogens with one attached hydrogen (secondary N) is 1. The number of nitrogens with zero attached hydrogens (tertiary/aromatic N) is 5. The summed E-state index contributed by atoms with van der Waals surface area (Å²) in [6, 6.07) is 22.6. The van der Waals surface area contributed by atoms with E-state index in [1.54, 1.807) is 13.3 Å². The van der Waals surface area contributed by atoms with Crippen LogP contribution >= 0.6 is 0 Å². The van der Waals surface area contributed by atoms with E-state index in [2.05, 4.69) is 63.3 Å². The molecule has 0 saturated carbocycles. The second-order valence-corrected chi connectivity index (χ2v) is 12.9. The highest BCUT2D eigenvalue weighted by molar-refractivity contribution is 6.01. The van der Waals surface area contributed by atoms with E-state index in [0.717, 1.165) is 61.6 Å². The fourth-order valence-corrected chi connectivity index (χ4v) is 7.34. The molecular formula is C37H42N6O3. The van der Waals surface area contributed by atoms with Crippen molar-refractivity contribution in [2.24, 2.45) is 5.41 Å². The van der Waals surface area contributed by atoms with E-state index in [1.165, 1.54) is 11.1 Å². The van der Waals surface area contributed by atoms with Gasteiger partial charge in [0.1, 0.15) is 5.75 Å². The van der Waals surface area contributed by atoms with Crippen LogP contribution in [0.25, 0.3) is 11.1 Å². The Bertz CT molecular complexity index is 1690. The lowest BCUT2D eigenvalue weighted by molar-refractivity contribution is -0.127. The van der Waals surface area contributed by atoms with Gasteiger partial charge in [-0.2, -0.15) is 5.10 Å². The number of carbonyl (C=O) groups excluding carboxylic acids is 2. The van der Waals surface area contributed by atoms with Gasteiger partial charge in [-0.05, 0) is 73.7 Å². The van der Waals surface area contributed by atoms with E-state index < -0.39 is 5.41 Å². The molecule has 1 spiro atoms. The van der Waals surface area contributed by atoms with Crippen molar-refractivity contribution in [1.82, 2.24) is 20.0 Å². The summed E-state index contributed by atoms with van der Waals surface area (Å²) in [5.41, 5.74) is 6.91. The van der Waals surface area contributed by atoms with Crippen LogP contribution in [0.2, 0.25) is 0 Å². The third-order valence-electron chi connectivity index (χ3n) is 10.3. The number of hydrogen-bond donors (Lipinski definition) is 1. The lowest BCUT2D eigenvalue weighted by atomic mass is 9.77. The quantitative estimate of drug-likeness (QED) is 0.300. The van der Waals surface area contributed by atoms with Gasteiger partial charge in [0, 0.05) is 92.7 Å². The number of amides is 2. The topological polar surface area (TPSA) is 85.0 Å². The average Bonchev–Trinajstić information content (AvgIpc) is 3.75. The number of rotatable bonds is 7. The second-order valence-electron chi connectivity index (χ2n) is 12.9. The number of likely N-dealkylation sites (tertiary alicyclic amines) is 1. The molecule has 46 heavy (non-hydrogen) atoms. The fraction of sp³-hybridized carbons (Fsp3) is 0.378. The van der Waals surface area contributed by atoms with Crippen molar-refractivity contribution in [3.05, 3.63) is 95.8 Å². The Kier molecular flexibility index (Phi) is 8.25. The van der Waals surface area contributed by atoms with E-state index in [9.17, 15) is 9.59 Å². The number of aryl methyl sites for hydroxylation is 1. The summed E-state index contributed by atoms with van der Waals surface area (Å²) in [4.78, 5) is 36.0. The first-order chi connectivity index (χ1) is 22.4. The molecule has 9 nitrogen and oxygen atoms in total. The van der Waals surface area contributed by atoms with E-state index in [0.29, 0.717) is 43.8 Å². The Morgan fingerprint density at radius 3 is 2.30 bits per heavy atom. The van der Waals surface area contributed by atoms with Crippen LogP contribution in [0.4, 0.5) is 11.4 Å². The first-order valence-corrected chi connectivity index (χ1v) is 16.3. The number of piperidine rings is 1. The molecule has 0 unspecified atom stereocenters. The highest BCUT2D eigenvalue weighted by Gasteiger charge is 2.49. The first kappa shape index (κ1) is 30.0. The molecule has 2 amide bonds. The van der Waals surface area contributed by atoms with E-state index in [1.807, 2.05) is 46.3 Å². The zero-order valence-corrected chi connectivity index (χ0v) is 26.7. The molecule has 238 valence electrons. The van der Waals surface area contributed by atoms with Crippen LogP contribution in [0.5, 0.6) is 5.75 Å². The van der Waals surface area contributed by atoms with E-state index >= 15 is 0 Å². The number of hydrogen-bond acceptors (Lipinski definition) is 6. The van der Waals surface area contributed by atoms with Gasteiger partial charge in [-0.1, -0.05) is 24.3 Å². The predicted octanol–water partition coefficient (Wildman–Crippen LogP) is 5.38. The van der Waals surface area contributed by atoms with Crippen molar-refractivity contribution in [3.8, 4) is 16.9 Å². The minimum Gasteiger partial charge on any atom is -0.496 e. The number of benzene rings is 3. The molecule has 1 N–H and O–H groups in total. The average molecular weight is 619 g/mol. The summed E-state index contributed by atoms with van der Waals surface area (Å²) >= 11 is 0. The fourth-order valence-electron chi connectivity index (χ4n) is 7.34.